The molecule has 0 saturated carbocycles. The third-order valence-electron chi connectivity index (χ3n) is 2.45. The van der Waals surface area contributed by atoms with Gasteiger partial charge < -0.3 is 5.11 Å². The Balaban J connectivity index is 2.22. The maximum absolute atomic E-state index is 10.9. The van der Waals surface area contributed by atoms with Gasteiger partial charge in [-0.1, -0.05) is 23.7 Å². The van der Waals surface area contributed by atoms with E-state index in [9.17, 15) is 4.79 Å². The Labute approximate surface area is 103 Å². The van der Waals surface area contributed by atoms with Crippen LogP contribution in [0, 0.1) is 0 Å². The lowest BCUT2D eigenvalue weighted by Crippen LogP contribution is -2.04. The number of nitrogens with zero attached hydrogens (tertiary/aromatic N) is 2. The van der Waals surface area contributed by atoms with Crippen LogP contribution in [0.25, 0.3) is 0 Å². The molecule has 17 heavy (non-hydrogen) atoms. The Morgan fingerprint density at radius 3 is 2.59 bits per heavy atom. The van der Waals surface area contributed by atoms with Crippen molar-refractivity contribution in [1.29, 1.82) is 0 Å². The number of aryl methyl sites for hydroxylation is 1. The third kappa shape index (κ3) is 2.65. The number of hydrogen-bond acceptors (Lipinski definition) is 2. The molecular formula is C12H11ClN2O2. The first kappa shape index (κ1) is 11.7. The average Bonchev–Trinajstić information content (AvgIpc) is 2.63. The minimum Gasteiger partial charge on any atom is -0.477 e. The van der Waals surface area contributed by atoms with Crippen LogP contribution in [0.5, 0.6) is 0 Å². The second-order valence-electron chi connectivity index (χ2n) is 3.75. The van der Waals surface area contributed by atoms with Gasteiger partial charge in [-0.3, -0.25) is 4.68 Å². The van der Waals surface area contributed by atoms with Crippen molar-refractivity contribution < 1.29 is 9.90 Å². The Hall–Kier alpha value is -1.81. The van der Waals surface area contributed by atoms with Gasteiger partial charge in [0.2, 0.25) is 0 Å². The number of aromatic nitrogens is 2. The largest absolute Gasteiger partial charge is 0.477 e. The van der Waals surface area contributed by atoms with E-state index in [0.717, 1.165) is 11.3 Å². The van der Waals surface area contributed by atoms with Crippen LogP contribution in [-0.2, 0) is 13.5 Å². The molecule has 1 aromatic carbocycles. The van der Waals surface area contributed by atoms with Crippen molar-refractivity contribution in [2.24, 2.45) is 7.05 Å². The number of carbonyl (C=O) groups is 1. The summed E-state index contributed by atoms with van der Waals surface area (Å²) in [4.78, 5) is 10.9. The van der Waals surface area contributed by atoms with E-state index < -0.39 is 5.97 Å². The SMILES string of the molecule is Cn1nc(Cc2ccc(Cl)cc2)cc1C(=O)O. The van der Waals surface area contributed by atoms with Crippen LogP contribution in [0.1, 0.15) is 21.7 Å². The highest BCUT2D eigenvalue weighted by molar-refractivity contribution is 6.30. The summed E-state index contributed by atoms with van der Waals surface area (Å²) in [6.45, 7) is 0. The normalized spacial score (nSPS) is 10.5. The molecule has 5 heteroatoms. The first-order valence-corrected chi connectivity index (χ1v) is 5.44. The fraction of sp³-hybridized carbons (Fsp3) is 0.167. The zero-order chi connectivity index (χ0) is 12.4. The molecule has 2 aromatic rings. The first-order chi connectivity index (χ1) is 8.06. The predicted molar refractivity (Wildman–Crippen MR) is 64.4 cm³/mol. The zero-order valence-corrected chi connectivity index (χ0v) is 9.98. The van der Waals surface area contributed by atoms with E-state index in [1.54, 1.807) is 25.2 Å². The minimum absolute atomic E-state index is 0.189. The maximum atomic E-state index is 10.9. The van der Waals surface area contributed by atoms with Crippen LogP contribution in [-0.4, -0.2) is 20.9 Å². The summed E-state index contributed by atoms with van der Waals surface area (Å²) in [6.07, 6.45) is 0.596. The van der Waals surface area contributed by atoms with Gasteiger partial charge >= 0.3 is 5.97 Å². The molecule has 0 aliphatic heterocycles. The van der Waals surface area contributed by atoms with E-state index in [2.05, 4.69) is 5.10 Å². The van der Waals surface area contributed by atoms with Crippen molar-refractivity contribution in [3.63, 3.8) is 0 Å². The van der Waals surface area contributed by atoms with Gasteiger partial charge in [-0.05, 0) is 23.8 Å². The summed E-state index contributed by atoms with van der Waals surface area (Å²) in [7, 11) is 1.62. The van der Waals surface area contributed by atoms with Gasteiger partial charge in [0.05, 0.1) is 5.69 Å². The molecule has 0 atom stereocenters. The zero-order valence-electron chi connectivity index (χ0n) is 9.22. The van der Waals surface area contributed by atoms with E-state index in [0.29, 0.717) is 11.4 Å². The van der Waals surface area contributed by atoms with Gasteiger partial charge in [-0.2, -0.15) is 5.10 Å². The molecule has 88 valence electrons. The molecule has 0 saturated heterocycles. The molecular weight excluding hydrogens is 240 g/mol. The molecule has 4 nitrogen and oxygen atoms in total. The Morgan fingerprint density at radius 2 is 2.06 bits per heavy atom. The topological polar surface area (TPSA) is 55.1 Å². The van der Waals surface area contributed by atoms with Crippen LogP contribution in [0.4, 0.5) is 0 Å². The minimum atomic E-state index is -0.970. The van der Waals surface area contributed by atoms with E-state index in [1.165, 1.54) is 4.68 Å². The molecule has 0 bridgehead atoms. The fourth-order valence-corrected chi connectivity index (χ4v) is 1.75. The van der Waals surface area contributed by atoms with Crippen molar-refractivity contribution >= 4 is 17.6 Å². The molecule has 0 aliphatic carbocycles. The Bertz CT molecular complexity index is 546. The second kappa shape index (κ2) is 4.59. The first-order valence-electron chi connectivity index (χ1n) is 5.07. The van der Waals surface area contributed by atoms with E-state index in [1.807, 2.05) is 12.1 Å². The van der Waals surface area contributed by atoms with Crippen LogP contribution < -0.4 is 0 Å². The molecule has 2 rings (SSSR count). The lowest BCUT2D eigenvalue weighted by molar-refractivity contribution is 0.0685. The average molecular weight is 251 g/mol. The van der Waals surface area contributed by atoms with Gasteiger partial charge in [0.25, 0.3) is 0 Å². The number of hydrogen-bond donors (Lipinski definition) is 1. The van der Waals surface area contributed by atoms with E-state index >= 15 is 0 Å². The number of benzene rings is 1. The van der Waals surface area contributed by atoms with Gasteiger partial charge in [0, 0.05) is 18.5 Å². The van der Waals surface area contributed by atoms with Gasteiger partial charge in [0.1, 0.15) is 5.69 Å². The lowest BCUT2D eigenvalue weighted by atomic mass is 10.1. The summed E-state index contributed by atoms with van der Waals surface area (Å²) in [5.41, 5.74) is 1.96. The fourth-order valence-electron chi connectivity index (χ4n) is 1.62. The molecule has 1 heterocycles. The number of halogens is 1. The molecule has 0 spiro atoms. The standard InChI is InChI=1S/C12H11ClN2O2/c1-15-11(12(16)17)7-10(14-15)6-8-2-4-9(13)5-3-8/h2-5,7H,6H2,1H3,(H,16,17). The Kier molecular flexibility index (Phi) is 3.15. The smallest absolute Gasteiger partial charge is 0.354 e. The number of carboxylic acid groups (broad SMARTS) is 1. The molecule has 0 radical (unpaired) electrons. The molecule has 0 aliphatic rings. The monoisotopic (exact) mass is 250 g/mol. The van der Waals surface area contributed by atoms with Crippen molar-refractivity contribution in [2.45, 2.75) is 6.42 Å². The van der Waals surface area contributed by atoms with Crippen molar-refractivity contribution in [3.05, 3.63) is 52.3 Å². The van der Waals surface area contributed by atoms with Gasteiger partial charge in [-0.15, -0.1) is 0 Å². The number of carboxylic acids is 1. The van der Waals surface area contributed by atoms with E-state index in [-0.39, 0.29) is 5.69 Å². The highest BCUT2D eigenvalue weighted by Gasteiger charge is 2.11. The number of rotatable bonds is 3. The molecule has 1 aromatic heterocycles. The second-order valence-corrected chi connectivity index (χ2v) is 4.19. The summed E-state index contributed by atoms with van der Waals surface area (Å²) in [5.74, 6) is -0.970. The molecule has 1 N–H and O–H groups in total. The van der Waals surface area contributed by atoms with E-state index in [4.69, 9.17) is 16.7 Å². The quantitative estimate of drug-likeness (QED) is 0.910. The van der Waals surface area contributed by atoms with Gasteiger partial charge in [0.15, 0.2) is 0 Å². The molecule has 0 fully saturated rings. The molecule has 0 unspecified atom stereocenters. The maximum Gasteiger partial charge on any atom is 0.354 e. The summed E-state index contributed by atoms with van der Waals surface area (Å²) in [6, 6.07) is 8.99. The van der Waals surface area contributed by atoms with Crippen molar-refractivity contribution in [3.8, 4) is 0 Å². The van der Waals surface area contributed by atoms with Crippen LogP contribution in [0.2, 0.25) is 5.02 Å². The summed E-state index contributed by atoms with van der Waals surface area (Å²) < 4.78 is 1.37. The van der Waals surface area contributed by atoms with Crippen LogP contribution in [0.3, 0.4) is 0 Å². The predicted octanol–water partition coefficient (Wildman–Crippen LogP) is 2.36. The highest BCUT2D eigenvalue weighted by atomic mass is 35.5. The van der Waals surface area contributed by atoms with Crippen molar-refractivity contribution in [1.82, 2.24) is 9.78 Å². The van der Waals surface area contributed by atoms with Gasteiger partial charge in [-0.25, -0.2) is 4.79 Å². The third-order valence-corrected chi connectivity index (χ3v) is 2.70. The Morgan fingerprint density at radius 1 is 1.41 bits per heavy atom. The summed E-state index contributed by atoms with van der Waals surface area (Å²) in [5, 5.41) is 13.7. The van der Waals surface area contributed by atoms with Crippen LogP contribution >= 0.6 is 11.6 Å². The summed E-state index contributed by atoms with van der Waals surface area (Å²) >= 11 is 5.79. The number of aromatic carboxylic acids is 1. The lowest BCUT2D eigenvalue weighted by Gasteiger charge is -1.97. The van der Waals surface area contributed by atoms with Crippen LogP contribution in [0.15, 0.2) is 30.3 Å². The van der Waals surface area contributed by atoms with Crippen molar-refractivity contribution in [2.75, 3.05) is 0 Å². The molecule has 0 amide bonds. The highest BCUT2D eigenvalue weighted by Crippen LogP contribution is 2.13.